The molecule has 2 heterocycles. The number of benzene rings is 1. The van der Waals surface area contributed by atoms with Crippen LogP contribution in [0.3, 0.4) is 0 Å². The zero-order chi connectivity index (χ0) is 20.1. The van der Waals surface area contributed by atoms with Gasteiger partial charge >= 0.3 is 12.2 Å². The van der Waals surface area contributed by atoms with Gasteiger partial charge in [0.15, 0.2) is 6.61 Å². The number of hydrogen-bond donors (Lipinski definition) is 0. The van der Waals surface area contributed by atoms with Crippen molar-refractivity contribution in [2.24, 2.45) is 0 Å². The van der Waals surface area contributed by atoms with E-state index in [4.69, 9.17) is 0 Å². The minimum Gasteiger partial charge on any atom is -0.454 e. The summed E-state index contributed by atoms with van der Waals surface area (Å²) in [6, 6.07) is 10.2. The minimum absolute atomic E-state index is 0.274. The molecule has 146 valence electrons. The van der Waals surface area contributed by atoms with Crippen LogP contribution in [0.5, 0.6) is 6.01 Å². The van der Waals surface area contributed by atoms with Crippen molar-refractivity contribution in [3.8, 4) is 17.3 Å². The SMILES string of the molecule is CSc1cccc(Cn2nc(-c3cnc(OCC(F)(F)F)nc3)ccc2=O)c1. The summed E-state index contributed by atoms with van der Waals surface area (Å²) in [5.74, 6) is 0. The van der Waals surface area contributed by atoms with Crippen molar-refractivity contribution in [2.45, 2.75) is 17.6 Å². The number of hydrogen-bond acceptors (Lipinski definition) is 6. The van der Waals surface area contributed by atoms with Gasteiger partial charge in [-0.3, -0.25) is 4.79 Å². The van der Waals surface area contributed by atoms with E-state index in [1.54, 1.807) is 11.8 Å². The van der Waals surface area contributed by atoms with Gasteiger partial charge in [0.1, 0.15) is 0 Å². The predicted octanol–water partition coefficient (Wildman–Crippen LogP) is 3.41. The van der Waals surface area contributed by atoms with Gasteiger partial charge < -0.3 is 4.74 Å². The Morgan fingerprint density at radius 3 is 2.57 bits per heavy atom. The maximum absolute atomic E-state index is 12.2. The van der Waals surface area contributed by atoms with E-state index in [9.17, 15) is 18.0 Å². The standard InChI is InChI=1S/C18H15F3N4O2S/c1-28-14-4-2-3-12(7-14)10-25-16(26)6-5-15(24-25)13-8-22-17(23-9-13)27-11-18(19,20)21/h2-9H,10-11H2,1H3. The van der Waals surface area contributed by atoms with Gasteiger partial charge in [0, 0.05) is 28.9 Å². The van der Waals surface area contributed by atoms with Crippen molar-refractivity contribution in [2.75, 3.05) is 12.9 Å². The highest BCUT2D eigenvalue weighted by Crippen LogP contribution is 2.19. The second kappa shape index (κ2) is 8.42. The molecule has 0 spiro atoms. The summed E-state index contributed by atoms with van der Waals surface area (Å²) in [5.41, 5.74) is 1.52. The van der Waals surface area contributed by atoms with Crippen LogP contribution in [0.2, 0.25) is 0 Å². The lowest BCUT2D eigenvalue weighted by atomic mass is 10.2. The van der Waals surface area contributed by atoms with Gasteiger partial charge in [-0.1, -0.05) is 12.1 Å². The van der Waals surface area contributed by atoms with Crippen molar-refractivity contribution < 1.29 is 17.9 Å². The van der Waals surface area contributed by atoms with Gasteiger partial charge in [0.05, 0.1) is 12.2 Å². The summed E-state index contributed by atoms with van der Waals surface area (Å²) < 4.78 is 42.3. The van der Waals surface area contributed by atoms with Crippen molar-refractivity contribution in [3.05, 3.63) is 64.7 Å². The molecule has 0 radical (unpaired) electrons. The Morgan fingerprint density at radius 2 is 1.89 bits per heavy atom. The smallest absolute Gasteiger partial charge is 0.422 e. The molecular weight excluding hydrogens is 393 g/mol. The van der Waals surface area contributed by atoms with E-state index in [1.807, 2.05) is 30.5 Å². The third-order valence-electron chi connectivity index (χ3n) is 3.62. The summed E-state index contributed by atoms with van der Waals surface area (Å²) in [4.78, 5) is 20.7. The Labute approximate surface area is 162 Å². The summed E-state index contributed by atoms with van der Waals surface area (Å²) in [6.45, 7) is -1.18. The minimum atomic E-state index is -4.47. The van der Waals surface area contributed by atoms with Gasteiger partial charge in [-0.15, -0.1) is 11.8 Å². The van der Waals surface area contributed by atoms with Crippen molar-refractivity contribution >= 4 is 11.8 Å². The first kappa shape index (κ1) is 19.9. The molecule has 0 aliphatic rings. The Balaban J connectivity index is 1.79. The molecule has 10 heteroatoms. The zero-order valence-corrected chi connectivity index (χ0v) is 15.5. The molecule has 0 saturated heterocycles. The molecule has 0 unspecified atom stereocenters. The normalized spacial score (nSPS) is 11.4. The summed E-state index contributed by atoms with van der Waals surface area (Å²) >= 11 is 1.60. The van der Waals surface area contributed by atoms with Crippen LogP contribution in [0, 0.1) is 0 Å². The fourth-order valence-electron chi connectivity index (χ4n) is 2.33. The lowest BCUT2D eigenvalue weighted by Crippen LogP contribution is -2.23. The van der Waals surface area contributed by atoms with E-state index in [-0.39, 0.29) is 18.1 Å². The predicted molar refractivity (Wildman–Crippen MR) is 98.4 cm³/mol. The molecule has 0 saturated carbocycles. The van der Waals surface area contributed by atoms with E-state index >= 15 is 0 Å². The Bertz CT molecular complexity index is 1010. The average molecular weight is 408 g/mol. The monoisotopic (exact) mass is 408 g/mol. The highest BCUT2D eigenvalue weighted by atomic mass is 32.2. The Hall–Kier alpha value is -2.88. The summed E-state index contributed by atoms with van der Waals surface area (Å²) in [7, 11) is 0. The number of aromatic nitrogens is 4. The third kappa shape index (κ3) is 5.32. The Morgan fingerprint density at radius 1 is 1.14 bits per heavy atom. The lowest BCUT2D eigenvalue weighted by molar-refractivity contribution is -0.154. The molecule has 3 aromatic rings. The zero-order valence-electron chi connectivity index (χ0n) is 14.7. The van der Waals surface area contributed by atoms with E-state index in [0.29, 0.717) is 11.3 Å². The molecule has 2 aromatic heterocycles. The number of thioether (sulfide) groups is 1. The van der Waals surface area contributed by atoms with Crippen LogP contribution in [-0.2, 0) is 6.54 Å². The first-order valence-electron chi connectivity index (χ1n) is 8.07. The van der Waals surface area contributed by atoms with Crippen molar-refractivity contribution in [1.82, 2.24) is 19.7 Å². The summed E-state index contributed by atoms with van der Waals surface area (Å²) in [5, 5.41) is 4.30. The van der Waals surface area contributed by atoms with Crippen LogP contribution in [-0.4, -0.2) is 38.8 Å². The highest BCUT2D eigenvalue weighted by Gasteiger charge is 2.28. The molecule has 28 heavy (non-hydrogen) atoms. The first-order valence-corrected chi connectivity index (χ1v) is 9.29. The second-order valence-corrected chi connectivity index (χ2v) is 6.60. The van der Waals surface area contributed by atoms with Gasteiger partial charge in [-0.05, 0) is 30.0 Å². The van der Waals surface area contributed by atoms with Gasteiger partial charge in [0.2, 0.25) is 0 Å². The number of halogens is 3. The molecule has 1 aromatic carbocycles. The molecule has 3 rings (SSSR count). The van der Waals surface area contributed by atoms with Crippen LogP contribution in [0.1, 0.15) is 5.56 Å². The van der Waals surface area contributed by atoms with Crippen LogP contribution in [0.25, 0.3) is 11.3 Å². The fourth-order valence-corrected chi connectivity index (χ4v) is 2.81. The van der Waals surface area contributed by atoms with Gasteiger partial charge in [-0.25, -0.2) is 14.6 Å². The van der Waals surface area contributed by atoms with E-state index in [2.05, 4.69) is 19.8 Å². The number of alkyl halides is 3. The number of ether oxygens (including phenoxy) is 1. The molecule has 0 aliphatic heterocycles. The lowest BCUT2D eigenvalue weighted by Gasteiger charge is -2.09. The van der Waals surface area contributed by atoms with E-state index < -0.39 is 12.8 Å². The molecule has 0 bridgehead atoms. The number of nitrogens with zero attached hydrogens (tertiary/aromatic N) is 4. The largest absolute Gasteiger partial charge is 0.454 e. The quantitative estimate of drug-likeness (QED) is 0.582. The maximum Gasteiger partial charge on any atom is 0.422 e. The van der Waals surface area contributed by atoms with Crippen LogP contribution < -0.4 is 10.3 Å². The molecular formula is C18H15F3N4O2S. The van der Waals surface area contributed by atoms with E-state index in [0.717, 1.165) is 10.5 Å². The molecule has 0 N–H and O–H groups in total. The van der Waals surface area contributed by atoms with E-state index in [1.165, 1.54) is 29.2 Å². The molecule has 0 fully saturated rings. The van der Waals surface area contributed by atoms with Crippen LogP contribution in [0.4, 0.5) is 13.2 Å². The van der Waals surface area contributed by atoms with Gasteiger partial charge in [-0.2, -0.15) is 18.3 Å². The average Bonchev–Trinajstić information content (AvgIpc) is 2.68. The third-order valence-corrected chi connectivity index (χ3v) is 4.35. The number of rotatable bonds is 6. The van der Waals surface area contributed by atoms with Crippen molar-refractivity contribution in [3.63, 3.8) is 0 Å². The molecule has 0 amide bonds. The van der Waals surface area contributed by atoms with Crippen LogP contribution >= 0.6 is 11.8 Å². The molecule has 0 aliphatic carbocycles. The molecule has 6 nitrogen and oxygen atoms in total. The van der Waals surface area contributed by atoms with Crippen molar-refractivity contribution in [1.29, 1.82) is 0 Å². The topological polar surface area (TPSA) is 69.9 Å². The van der Waals surface area contributed by atoms with Gasteiger partial charge in [0.25, 0.3) is 5.56 Å². The summed E-state index contributed by atoms with van der Waals surface area (Å²) in [6.07, 6.45) is 0.0906. The highest BCUT2D eigenvalue weighted by molar-refractivity contribution is 7.98. The van der Waals surface area contributed by atoms with Crippen LogP contribution in [0.15, 0.2) is 58.5 Å². The maximum atomic E-state index is 12.2. The second-order valence-electron chi connectivity index (χ2n) is 5.72. The Kier molecular flexibility index (Phi) is 5.98. The fraction of sp³-hybridized carbons (Fsp3) is 0.222. The molecule has 0 atom stereocenters. The first-order chi connectivity index (χ1) is 13.3.